The van der Waals surface area contributed by atoms with Gasteiger partial charge in [0.2, 0.25) is 0 Å². The van der Waals surface area contributed by atoms with Gasteiger partial charge in [0.25, 0.3) is 10.0 Å². The van der Waals surface area contributed by atoms with E-state index >= 15 is 0 Å². The highest BCUT2D eigenvalue weighted by Gasteiger charge is 2.17. The molecule has 0 atom stereocenters. The van der Waals surface area contributed by atoms with Gasteiger partial charge in [0.05, 0.1) is 11.1 Å². The van der Waals surface area contributed by atoms with Gasteiger partial charge in [-0.15, -0.1) is 0 Å². The van der Waals surface area contributed by atoms with Crippen molar-refractivity contribution < 1.29 is 8.42 Å². The summed E-state index contributed by atoms with van der Waals surface area (Å²) >= 11 is 0. The Morgan fingerprint density at radius 3 is 2.35 bits per heavy atom. The van der Waals surface area contributed by atoms with E-state index in [-0.39, 0.29) is 10.8 Å². The topological polar surface area (TPSA) is 52.0 Å². The van der Waals surface area contributed by atoms with Gasteiger partial charge >= 0.3 is 0 Å². The van der Waals surface area contributed by atoms with Crippen LogP contribution in [0.3, 0.4) is 0 Å². The molecular weight excluding hydrogens is 236 g/mol. The van der Waals surface area contributed by atoms with E-state index in [1.54, 1.807) is 42.7 Å². The summed E-state index contributed by atoms with van der Waals surface area (Å²) in [6, 6.07) is 8.29. The highest BCUT2D eigenvalue weighted by atomic mass is 32.2. The van der Waals surface area contributed by atoms with Gasteiger partial charge in [-0.3, -0.25) is 0 Å². The second-order valence-electron chi connectivity index (χ2n) is 4.12. The average Bonchev–Trinajstić information content (AvgIpc) is 2.80. The monoisotopic (exact) mass is 250 g/mol. The molecule has 17 heavy (non-hydrogen) atoms. The quantitative estimate of drug-likeness (QED) is 0.839. The lowest BCUT2D eigenvalue weighted by Gasteiger charge is -2.03. The Bertz CT molecular complexity index is 600. The van der Waals surface area contributed by atoms with Crippen molar-refractivity contribution in [3.05, 3.63) is 48.3 Å². The van der Waals surface area contributed by atoms with Crippen LogP contribution in [0.1, 0.15) is 25.3 Å². The molecule has 4 nitrogen and oxygen atoms in total. The number of hydrogen-bond acceptors (Lipinski definition) is 3. The lowest BCUT2D eigenvalue weighted by Crippen LogP contribution is -2.13. The molecular formula is C12H14N2O2S. The normalized spacial score (nSPS) is 11.9. The Labute approximate surface area is 101 Å². The summed E-state index contributed by atoms with van der Waals surface area (Å²) in [6.07, 6.45) is 3.15. The van der Waals surface area contributed by atoms with E-state index in [1.165, 1.54) is 0 Å². The summed E-state index contributed by atoms with van der Waals surface area (Å²) in [5.74, 6) is 0.259. The smallest absolute Gasteiger partial charge is 0.199 e. The maximum atomic E-state index is 12.2. The molecule has 0 aliphatic rings. The van der Waals surface area contributed by atoms with Gasteiger partial charge in [0.15, 0.2) is 0 Å². The molecule has 5 heteroatoms. The van der Waals surface area contributed by atoms with Gasteiger partial charge in [-0.25, -0.2) is 0 Å². The molecule has 0 unspecified atom stereocenters. The van der Waals surface area contributed by atoms with Crippen LogP contribution in [0.5, 0.6) is 0 Å². The minimum atomic E-state index is -3.55. The SMILES string of the molecule is CC(C)c1cnn(S(=O)(=O)c2ccccc2)c1. The molecule has 0 amide bonds. The van der Waals surface area contributed by atoms with E-state index in [2.05, 4.69) is 5.10 Å². The molecule has 1 aromatic heterocycles. The van der Waals surface area contributed by atoms with E-state index in [9.17, 15) is 8.42 Å². The zero-order valence-electron chi connectivity index (χ0n) is 9.74. The van der Waals surface area contributed by atoms with Gasteiger partial charge in [0.1, 0.15) is 0 Å². The third kappa shape index (κ3) is 2.24. The van der Waals surface area contributed by atoms with E-state index < -0.39 is 10.0 Å². The molecule has 2 aromatic rings. The lowest BCUT2D eigenvalue weighted by molar-refractivity contribution is 0.580. The van der Waals surface area contributed by atoms with Crippen molar-refractivity contribution in [2.75, 3.05) is 0 Å². The number of aromatic nitrogens is 2. The number of hydrogen-bond donors (Lipinski definition) is 0. The van der Waals surface area contributed by atoms with Crippen LogP contribution >= 0.6 is 0 Å². The number of benzene rings is 1. The fourth-order valence-corrected chi connectivity index (χ4v) is 2.60. The Kier molecular flexibility index (Phi) is 3.02. The van der Waals surface area contributed by atoms with Crippen molar-refractivity contribution in [2.24, 2.45) is 0 Å². The van der Waals surface area contributed by atoms with E-state index in [0.717, 1.165) is 9.65 Å². The first-order valence-corrected chi connectivity index (χ1v) is 6.81. The molecule has 1 aromatic carbocycles. The van der Waals surface area contributed by atoms with E-state index in [4.69, 9.17) is 0 Å². The van der Waals surface area contributed by atoms with Crippen LogP contribution in [0.15, 0.2) is 47.6 Å². The van der Waals surface area contributed by atoms with Crippen molar-refractivity contribution in [1.29, 1.82) is 0 Å². The molecule has 0 saturated heterocycles. The average molecular weight is 250 g/mol. The van der Waals surface area contributed by atoms with E-state index in [1.807, 2.05) is 13.8 Å². The maximum absolute atomic E-state index is 12.2. The van der Waals surface area contributed by atoms with Crippen LogP contribution in [-0.2, 0) is 10.0 Å². The maximum Gasteiger partial charge on any atom is 0.282 e. The minimum Gasteiger partial charge on any atom is -0.199 e. The first-order valence-electron chi connectivity index (χ1n) is 5.37. The van der Waals surface area contributed by atoms with Crippen molar-refractivity contribution >= 4 is 10.0 Å². The third-order valence-electron chi connectivity index (χ3n) is 2.53. The molecule has 0 bridgehead atoms. The van der Waals surface area contributed by atoms with Gasteiger partial charge in [-0.05, 0) is 23.6 Å². The minimum absolute atomic E-state index is 0.249. The van der Waals surface area contributed by atoms with Crippen molar-refractivity contribution in [2.45, 2.75) is 24.7 Å². The van der Waals surface area contributed by atoms with Crippen LogP contribution in [0, 0.1) is 0 Å². The van der Waals surface area contributed by atoms with E-state index in [0.29, 0.717) is 0 Å². The molecule has 90 valence electrons. The summed E-state index contributed by atoms with van der Waals surface area (Å²) in [5, 5.41) is 3.91. The fraction of sp³-hybridized carbons (Fsp3) is 0.250. The molecule has 0 fully saturated rings. The lowest BCUT2D eigenvalue weighted by atomic mass is 10.1. The van der Waals surface area contributed by atoms with Gasteiger partial charge in [-0.1, -0.05) is 32.0 Å². The highest BCUT2D eigenvalue weighted by Crippen LogP contribution is 2.17. The van der Waals surface area contributed by atoms with Gasteiger partial charge in [-0.2, -0.15) is 17.6 Å². The Hall–Kier alpha value is -1.62. The molecule has 0 aliphatic carbocycles. The summed E-state index contributed by atoms with van der Waals surface area (Å²) < 4.78 is 25.4. The van der Waals surface area contributed by atoms with Crippen molar-refractivity contribution in [3.8, 4) is 0 Å². The molecule has 0 spiro atoms. The van der Waals surface area contributed by atoms with Gasteiger partial charge in [0, 0.05) is 6.20 Å². The van der Waals surface area contributed by atoms with Crippen molar-refractivity contribution in [1.82, 2.24) is 9.19 Å². The third-order valence-corrected chi connectivity index (χ3v) is 4.09. The standard InChI is InChI=1S/C12H14N2O2S/c1-10(2)11-8-13-14(9-11)17(15,16)12-6-4-3-5-7-12/h3-10H,1-2H3. The largest absolute Gasteiger partial charge is 0.282 e. The van der Waals surface area contributed by atoms with Crippen LogP contribution in [0.2, 0.25) is 0 Å². The number of nitrogens with zero attached hydrogens (tertiary/aromatic N) is 2. The zero-order chi connectivity index (χ0) is 12.5. The molecule has 1 heterocycles. The Balaban J connectivity index is 2.46. The summed E-state index contributed by atoms with van der Waals surface area (Å²) in [6.45, 7) is 3.99. The molecule has 0 radical (unpaired) electrons. The fourth-order valence-electron chi connectivity index (χ4n) is 1.45. The van der Waals surface area contributed by atoms with Crippen LogP contribution < -0.4 is 0 Å². The molecule has 0 N–H and O–H groups in total. The summed E-state index contributed by atoms with van der Waals surface area (Å²) in [5.41, 5.74) is 0.907. The summed E-state index contributed by atoms with van der Waals surface area (Å²) in [4.78, 5) is 0.249. The Morgan fingerprint density at radius 1 is 1.18 bits per heavy atom. The Morgan fingerprint density at radius 2 is 1.82 bits per heavy atom. The highest BCUT2D eigenvalue weighted by molar-refractivity contribution is 7.89. The second kappa shape index (κ2) is 4.33. The van der Waals surface area contributed by atoms with Crippen molar-refractivity contribution in [3.63, 3.8) is 0 Å². The first kappa shape index (κ1) is 11.9. The number of rotatable bonds is 3. The zero-order valence-corrected chi connectivity index (χ0v) is 10.6. The molecule has 0 aliphatic heterocycles. The molecule has 0 saturated carbocycles. The van der Waals surface area contributed by atoms with Crippen LogP contribution in [0.25, 0.3) is 0 Å². The van der Waals surface area contributed by atoms with Crippen LogP contribution in [0.4, 0.5) is 0 Å². The van der Waals surface area contributed by atoms with Gasteiger partial charge < -0.3 is 0 Å². The molecule has 2 rings (SSSR count). The first-order chi connectivity index (χ1) is 8.01. The van der Waals surface area contributed by atoms with Crippen LogP contribution in [-0.4, -0.2) is 17.6 Å². The predicted octanol–water partition coefficient (Wildman–Crippen LogP) is 2.24. The summed E-state index contributed by atoms with van der Waals surface area (Å²) in [7, 11) is -3.55. The second-order valence-corrected chi connectivity index (χ2v) is 5.91. The predicted molar refractivity (Wildman–Crippen MR) is 65.3 cm³/mol.